The van der Waals surface area contributed by atoms with E-state index in [1.54, 1.807) is 25.1 Å². The Balaban J connectivity index is 2.06. The van der Waals surface area contributed by atoms with Crippen LogP contribution < -0.4 is 9.62 Å². The van der Waals surface area contributed by atoms with E-state index in [0.29, 0.717) is 0 Å². The number of nitrogens with one attached hydrogen (secondary N) is 1. The van der Waals surface area contributed by atoms with Crippen LogP contribution in [0.2, 0.25) is 10.0 Å². The number of rotatable bonds is 10. The largest absolute Gasteiger partial charge is 0.352 e. The van der Waals surface area contributed by atoms with Crippen molar-refractivity contribution in [2.24, 2.45) is 0 Å². The summed E-state index contributed by atoms with van der Waals surface area (Å²) >= 11 is 15.8. The highest BCUT2D eigenvalue weighted by molar-refractivity contribution is 9.10. The third-order valence-electron chi connectivity index (χ3n) is 5.59. The zero-order chi connectivity index (χ0) is 28.0. The fraction of sp³-hybridized carbons (Fsp3) is 0.259. The molecule has 0 aromatic heterocycles. The van der Waals surface area contributed by atoms with Crippen molar-refractivity contribution in [3.63, 3.8) is 0 Å². The van der Waals surface area contributed by atoms with Crippen molar-refractivity contribution in [1.29, 1.82) is 0 Å². The van der Waals surface area contributed by atoms with Crippen LogP contribution in [-0.2, 0) is 26.2 Å². The molecule has 3 rings (SSSR count). The summed E-state index contributed by atoms with van der Waals surface area (Å²) in [7, 11) is -4.20. The molecule has 7 nitrogen and oxygen atoms in total. The monoisotopic (exact) mass is 639 g/mol. The van der Waals surface area contributed by atoms with Crippen molar-refractivity contribution in [1.82, 2.24) is 10.2 Å². The first-order valence-electron chi connectivity index (χ1n) is 11.8. The van der Waals surface area contributed by atoms with E-state index in [1.807, 2.05) is 38.1 Å². The van der Waals surface area contributed by atoms with Crippen molar-refractivity contribution >= 4 is 66.7 Å². The van der Waals surface area contributed by atoms with Crippen LogP contribution >= 0.6 is 39.1 Å². The van der Waals surface area contributed by atoms with Crippen LogP contribution in [0.4, 0.5) is 5.69 Å². The molecule has 0 radical (unpaired) electrons. The maximum Gasteiger partial charge on any atom is 0.264 e. The molecular formula is C27H28BrCl2N3O4S. The molecule has 0 fully saturated rings. The van der Waals surface area contributed by atoms with Crippen LogP contribution in [-0.4, -0.2) is 43.8 Å². The van der Waals surface area contributed by atoms with Gasteiger partial charge in [0, 0.05) is 27.1 Å². The first kappa shape index (κ1) is 30.0. The van der Waals surface area contributed by atoms with Gasteiger partial charge in [-0.2, -0.15) is 0 Å². The lowest BCUT2D eigenvalue weighted by Gasteiger charge is -2.32. The Morgan fingerprint density at radius 2 is 1.55 bits per heavy atom. The van der Waals surface area contributed by atoms with Crippen LogP contribution in [0.3, 0.4) is 0 Å². The van der Waals surface area contributed by atoms with Gasteiger partial charge in [0.1, 0.15) is 12.6 Å². The molecule has 0 aliphatic heterocycles. The molecule has 1 N–H and O–H groups in total. The summed E-state index contributed by atoms with van der Waals surface area (Å²) in [5.41, 5.74) is 0.890. The van der Waals surface area contributed by atoms with E-state index in [2.05, 4.69) is 21.2 Å². The average Bonchev–Trinajstić information content (AvgIpc) is 2.84. The van der Waals surface area contributed by atoms with Gasteiger partial charge in [0.15, 0.2) is 0 Å². The van der Waals surface area contributed by atoms with E-state index < -0.39 is 28.5 Å². The van der Waals surface area contributed by atoms with Crippen LogP contribution in [0, 0.1) is 0 Å². The van der Waals surface area contributed by atoms with E-state index in [-0.39, 0.29) is 39.1 Å². The molecule has 38 heavy (non-hydrogen) atoms. The molecule has 0 saturated heterocycles. The Morgan fingerprint density at radius 1 is 0.921 bits per heavy atom. The normalized spacial score (nSPS) is 12.2. The van der Waals surface area contributed by atoms with Gasteiger partial charge >= 0.3 is 0 Å². The molecule has 11 heteroatoms. The smallest absolute Gasteiger partial charge is 0.264 e. The van der Waals surface area contributed by atoms with Crippen molar-refractivity contribution in [2.75, 3.05) is 10.8 Å². The van der Waals surface area contributed by atoms with Gasteiger partial charge in [-0.05, 0) is 68.8 Å². The lowest BCUT2D eigenvalue weighted by Crippen LogP contribution is -2.52. The summed E-state index contributed by atoms with van der Waals surface area (Å²) in [5, 5.41) is 3.25. The van der Waals surface area contributed by atoms with E-state index in [9.17, 15) is 18.0 Å². The number of hydrogen-bond acceptors (Lipinski definition) is 4. The number of carbonyl (C=O) groups is 2. The molecule has 3 aromatic rings. The maximum absolute atomic E-state index is 13.9. The number of nitrogens with zero attached hydrogens (tertiary/aromatic N) is 2. The van der Waals surface area contributed by atoms with Gasteiger partial charge in [-0.25, -0.2) is 8.42 Å². The summed E-state index contributed by atoms with van der Waals surface area (Å²) in [6.45, 7) is 4.76. The quantitative estimate of drug-likeness (QED) is 0.299. The van der Waals surface area contributed by atoms with Crippen molar-refractivity contribution in [2.45, 2.75) is 44.3 Å². The van der Waals surface area contributed by atoms with Gasteiger partial charge in [-0.1, -0.05) is 69.5 Å². The lowest BCUT2D eigenvalue weighted by atomic mass is 10.1. The SMILES string of the molecule is CC(C)NC(=O)C(C)N(Cc1cccc(Br)c1)C(=O)CN(c1cc(Cl)cc(Cl)c1)S(=O)(=O)c1ccccc1. The molecule has 3 aromatic carbocycles. The second-order valence-electron chi connectivity index (χ2n) is 8.94. The van der Waals surface area contributed by atoms with Gasteiger partial charge in [0.2, 0.25) is 11.8 Å². The number of amides is 2. The molecule has 0 aliphatic rings. The van der Waals surface area contributed by atoms with Crippen LogP contribution in [0.1, 0.15) is 26.3 Å². The minimum absolute atomic E-state index is 0.00645. The zero-order valence-electron chi connectivity index (χ0n) is 21.1. The topological polar surface area (TPSA) is 86.8 Å². The summed E-state index contributed by atoms with van der Waals surface area (Å²) in [6.07, 6.45) is 0. The highest BCUT2D eigenvalue weighted by Crippen LogP contribution is 2.30. The molecule has 0 bridgehead atoms. The molecule has 2 amide bonds. The summed E-state index contributed by atoms with van der Waals surface area (Å²) in [5.74, 6) is -0.932. The Kier molecular flexibility index (Phi) is 10.2. The predicted octanol–water partition coefficient (Wildman–Crippen LogP) is 5.89. The molecular weight excluding hydrogens is 613 g/mol. The van der Waals surface area contributed by atoms with E-state index in [0.717, 1.165) is 14.3 Å². The van der Waals surface area contributed by atoms with Gasteiger partial charge in [-0.15, -0.1) is 0 Å². The van der Waals surface area contributed by atoms with Crippen molar-refractivity contribution in [3.05, 3.63) is 92.9 Å². The van der Waals surface area contributed by atoms with Crippen LogP contribution in [0.25, 0.3) is 0 Å². The molecule has 0 heterocycles. The highest BCUT2D eigenvalue weighted by Gasteiger charge is 2.33. The average molecular weight is 641 g/mol. The molecule has 0 aliphatic carbocycles. The van der Waals surface area contributed by atoms with Crippen molar-refractivity contribution < 1.29 is 18.0 Å². The Bertz CT molecular complexity index is 1380. The van der Waals surface area contributed by atoms with Crippen molar-refractivity contribution in [3.8, 4) is 0 Å². The standard InChI is InChI=1S/C27H28BrCl2N3O4S/c1-18(2)31-27(35)19(3)32(16-20-8-7-9-21(28)12-20)26(34)17-33(24-14-22(29)13-23(30)15-24)38(36,37)25-10-5-4-6-11-25/h4-15,18-19H,16-17H2,1-3H3,(H,31,35). The number of carbonyl (C=O) groups excluding carboxylic acids is 2. The third-order valence-corrected chi connectivity index (χ3v) is 8.30. The fourth-order valence-electron chi connectivity index (χ4n) is 3.75. The lowest BCUT2D eigenvalue weighted by molar-refractivity contribution is -0.139. The van der Waals surface area contributed by atoms with Gasteiger partial charge in [-0.3, -0.25) is 13.9 Å². The number of anilines is 1. The van der Waals surface area contributed by atoms with Crippen LogP contribution in [0.5, 0.6) is 0 Å². The molecule has 0 saturated carbocycles. The molecule has 0 spiro atoms. The Hall–Kier alpha value is -2.59. The zero-order valence-corrected chi connectivity index (χ0v) is 25.0. The number of halogens is 3. The molecule has 202 valence electrons. The van der Waals surface area contributed by atoms with E-state index in [4.69, 9.17) is 23.2 Å². The van der Waals surface area contributed by atoms with Gasteiger partial charge in [0.25, 0.3) is 10.0 Å². The first-order valence-corrected chi connectivity index (χ1v) is 14.8. The fourth-order valence-corrected chi connectivity index (χ4v) is 6.13. The van der Waals surface area contributed by atoms with E-state index >= 15 is 0 Å². The highest BCUT2D eigenvalue weighted by atomic mass is 79.9. The van der Waals surface area contributed by atoms with Gasteiger partial charge < -0.3 is 10.2 Å². The predicted molar refractivity (Wildman–Crippen MR) is 155 cm³/mol. The second-order valence-corrected chi connectivity index (χ2v) is 12.6. The molecule has 1 unspecified atom stereocenters. The maximum atomic E-state index is 13.9. The summed E-state index contributed by atoms with van der Waals surface area (Å²) in [6, 6.07) is 18.4. The minimum Gasteiger partial charge on any atom is -0.352 e. The molecule has 1 atom stereocenters. The second kappa shape index (κ2) is 13.0. The van der Waals surface area contributed by atoms with Gasteiger partial charge in [0.05, 0.1) is 10.6 Å². The number of sulfonamides is 1. The third kappa shape index (κ3) is 7.72. The first-order chi connectivity index (χ1) is 17.9. The summed E-state index contributed by atoms with van der Waals surface area (Å²) in [4.78, 5) is 28.2. The number of benzene rings is 3. The minimum atomic E-state index is -4.20. The van der Waals surface area contributed by atoms with Crippen LogP contribution in [0.15, 0.2) is 82.2 Å². The number of hydrogen-bond donors (Lipinski definition) is 1. The Morgan fingerprint density at radius 3 is 2.13 bits per heavy atom. The van der Waals surface area contributed by atoms with E-state index in [1.165, 1.54) is 35.2 Å². The Labute approximate surface area is 241 Å². The summed E-state index contributed by atoms with van der Waals surface area (Å²) < 4.78 is 29.3.